The van der Waals surface area contributed by atoms with Crippen LogP contribution in [0, 0.1) is 0 Å². The second-order valence-corrected chi connectivity index (χ2v) is 6.34. The van der Waals surface area contributed by atoms with Crippen molar-refractivity contribution in [2.45, 2.75) is 19.4 Å². The molecule has 0 spiro atoms. The fourth-order valence-electron chi connectivity index (χ4n) is 3.17. The maximum absolute atomic E-state index is 12.9. The van der Waals surface area contributed by atoms with Gasteiger partial charge in [-0.3, -0.25) is 4.79 Å². The van der Waals surface area contributed by atoms with Crippen molar-refractivity contribution in [3.63, 3.8) is 0 Å². The number of hydrogen-bond acceptors (Lipinski definition) is 4. The second-order valence-electron chi connectivity index (χ2n) is 6.34. The van der Waals surface area contributed by atoms with Gasteiger partial charge in [-0.2, -0.15) is 0 Å². The molecule has 5 heteroatoms. The Labute approximate surface area is 155 Å². The molecule has 1 atom stereocenters. The van der Waals surface area contributed by atoms with Crippen LogP contribution in [0.15, 0.2) is 54.6 Å². The lowest BCUT2D eigenvalue weighted by Gasteiger charge is -2.37. The van der Waals surface area contributed by atoms with Gasteiger partial charge in [0.1, 0.15) is 11.5 Å². The van der Waals surface area contributed by atoms with Crippen molar-refractivity contribution in [2.75, 3.05) is 38.2 Å². The van der Waals surface area contributed by atoms with Crippen molar-refractivity contribution in [1.29, 1.82) is 0 Å². The van der Waals surface area contributed by atoms with Crippen LogP contribution < -0.4 is 14.4 Å². The SMILES string of the molecule is CC[C@@H](Oc1cccc(OC)c1)C(=O)N1CCN(c2ccccc2)CC1. The fraction of sp³-hybridized carbons (Fsp3) is 0.381. The molecular formula is C21H26N2O3. The minimum atomic E-state index is -0.467. The quantitative estimate of drug-likeness (QED) is 0.799. The van der Waals surface area contributed by atoms with Gasteiger partial charge in [-0.25, -0.2) is 0 Å². The van der Waals surface area contributed by atoms with E-state index in [-0.39, 0.29) is 5.91 Å². The molecule has 0 saturated carbocycles. The van der Waals surface area contributed by atoms with E-state index in [1.54, 1.807) is 7.11 Å². The summed E-state index contributed by atoms with van der Waals surface area (Å²) in [5.41, 5.74) is 1.21. The Kier molecular flexibility index (Phi) is 6.00. The second kappa shape index (κ2) is 8.61. The number of carbonyl (C=O) groups is 1. The molecule has 1 fully saturated rings. The van der Waals surface area contributed by atoms with Crippen molar-refractivity contribution >= 4 is 11.6 Å². The predicted octanol–water partition coefficient (Wildman–Crippen LogP) is 3.20. The first-order chi connectivity index (χ1) is 12.7. The Balaban J connectivity index is 1.59. The Bertz CT molecular complexity index is 712. The van der Waals surface area contributed by atoms with Crippen LogP contribution in [-0.2, 0) is 4.79 Å². The van der Waals surface area contributed by atoms with Crippen LogP contribution in [0.4, 0.5) is 5.69 Å². The van der Waals surface area contributed by atoms with Crippen LogP contribution in [0.1, 0.15) is 13.3 Å². The number of carbonyl (C=O) groups excluding carboxylic acids is 1. The number of methoxy groups -OCH3 is 1. The van der Waals surface area contributed by atoms with Crippen LogP contribution in [0.3, 0.4) is 0 Å². The van der Waals surface area contributed by atoms with Gasteiger partial charge < -0.3 is 19.3 Å². The summed E-state index contributed by atoms with van der Waals surface area (Å²) in [6.45, 7) is 5.08. The molecular weight excluding hydrogens is 328 g/mol. The molecule has 0 unspecified atom stereocenters. The molecule has 0 aliphatic carbocycles. The number of ether oxygens (including phenoxy) is 2. The van der Waals surface area contributed by atoms with Gasteiger partial charge in [-0.1, -0.05) is 31.2 Å². The molecule has 0 N–H and O–H groups in total. The number of benzene rings is 2. The highest BCUT2D eigenvalue weighted by Gasteiger charge is 2.28. The van der Waals surface area contributed by atoms with Gasteiger partial charge >= 0.3 is 0 Å². The van der Waals surface area contributed by atoms with E-state index < -0.39 is 6.10 Å². The lowest BCUT2D eigenvalue weighted by molar-refractivity contribution is -0.139. The predicted molar refractivity (Wildman–Crippen MR) is 103 cm³/mol. The number of amides is 1. The van der Waals surface area contributed by atoms with Crippen LogP contribution in [0.5, 0.6) is 11.5 Å². The number of piperazine rings is 1. The van der Waals surface area contributed by atoms with Crippen molar-refractivity contribution in [3.05, 3.63) is 54.6 Å². The van der Waals surface area contributed by atoms with E-state index in [0.29, 0.717) is 25.3 Å². The third kappa shape index (κ3) is 4.28. The van der Waals surface area contributed by atoms with E-state index in [1.165, 1.54) is 5.69 Å². The summed E-state index contributed by atoms with van der Waals surface area (Å²) in [5, 5.41) is 0. The van der Waals surface area contributed by atoms with Gasteiger partial charge in [0.15, 0.2) is 6.10 Å². The fourth-order valence-corrected chi connectivity index (χ4v) is 3.17. The largest absolute Gasteiger partial charge is 0.497 e. The summed E-state index contributed by atoms with van der Waals surface area (Å²) in [4.78, 5) is 17.1. The Morgan fingerprint density at radius 1 is 1.00 bits per heavy atom. The molecule has 1 aliphatic rings. The first-order valence-electron chi connectivity index (χ1n) is 9.10. The molecule has 0 bridgehead atoms. The average molecular weight is 354 g/mol. The topological polar surface area (TPSA) is 42.0 Å². The number of rotatable bonds is 6. The summed E-state index contributed by atoms with van der Waals surface area (Å²) in [5.74, 6) is 1.44. The molecule has 1 amide bonds. The lowest BCUT2D eigenvalue weighted by atomic mass is 10.2. The third-order valence-electron chi connectivity index (χ3n) is 4.68. The number of nitrogens with zero attached hydrogens (tertiary/aromatic N) is 2. The Morgan fingerprint density at radius 2 is 1.69 bits per heavy atom. The summed E-state index contributed by atoms with van der Waals surface area (Å²) in [7, 11) is 1.62. The summed E-state index contributed by atoms with van der Waals surface area (Å²) in [6.07, 6.45) is 0.167. The molecule has 0 aromatic heterocycles. The summed E-state index contributed by atoms with van der Waals surface area (Å²) < 4.78 is 11.2. The maximum atomic E-state index is 12.9. The van der Waals surface area contributed by atoms with E-state index in [2.05, 4.69) is 17.0 Å². The molecule has 1 saturated heterocycles. The zero-order valence-corrected chi connectivity index (χ0v) is 15.4. The highest BCUT2D eigenvalue weighted by Crippen LogP contribution is 2.22. The number of hydrogen-bond donors (Lipinski definition) is 0. The van der Waals surface area contributed by atoms with Gasteiger partial charge in [-0.15, -0.1) is 0 Å². The molecule has 5 nitrogen and oxygen atoms in total. The zero-order valence-electron chi connectivity index (χ0n) is 15.4. The molecule has 3 rings (SSSR count). The molecule has 1 aliphatic heterocycles. The van der Waals surface area contributed by atoms with E-state index in [4.69, 9.17) is 9.47 Å². The molecule has 1 heterocycles. The third-order valence-corrected chi connectivity index (χ3v) is 4.68. The molecule has 0 radical (unpaired) electrons. The van der Waals surface area contributed by atoms with Gasteiger partial charge in [0, 0.05) is 37.9 Å². The smallest absolute Gasteiger partial charge is 0.263 e. The normalized spacial score (nSPS) is 15.5. The molecule has 2 aromatic carbocycles. The minimum absolute atomic E-state index is 0.0584. The molecule has 138 valence electrons. The van der Waals surface area contributed by atoms with E-state index in [1.807, 2.05) is 54.3 Å². The van der Waals surface area contributed by atoms with Crippen LogP contribution in [0.25, 0.3) is 0 Å². The van der Waals surface area contributed by atoms with E-state index in [9.17, 15) is 4.79 Å². The zero-order chi connectivity index (χ0) is 18.4. The van der Waals surface area contributed by atoms with Crippen LogP contribution in [-0.4, -0.2) is 50.2 Å². The van der Waals surface area contributed by atoms with Gasteiger partial charge in [0.2, 0.25) is 0 Å². The Hall–Kier alpha value is -2.69. The van der Waals surface area contributed by atoms with Crippen molar-refractivity contribution in [1.82, 2.24) is 4.90 Å². The van der Waals surface area contributed by atoms with Gasteiger partial charge in [0.05, 0.1) is 7.11 Å². The standard InChI is InChI=1S/C21H26N2O3/c1-3-20(26-19-11-7-10-18(16-19)25-2)21(24)23-14-12-22(13-15-23)17-8-5-4-6-9-17/h4-11,16,20H,3,12-15H2,1-2H3/t20-/m1/s1. The monoisotopic (exact) mass is 354 g/mol. The summed E-state index contributed by atoms with van der Waals surface area (Å²) in [6, 6.07) is 17.7. The first kappa shape index (κ1) is 18.1. The van der Waals surface area contributed by atoms with Crippen LogP contribution in [0.2, 0.25) is 0 Å². The highest BCUT2D eigenvalue weighted by atomic mass is 16.5. The van der Waals surface area contributed by atoms with Crippen molar-refractivity contribution in [2.24, 2.45) is 0 Å². The first-order valence-corrected chi connectivity index (χ1v) is 9.10. The Morgan fingerprint density at radius 3 is 2.35 bits per heavy atom. The lowest BCUT2D eigenvalue weighted by Crippen LogP contribution is -2.52. The summed E-state index contributed by atoms with van der Waals surface area (Å²) >= 11 is 0. The molecule has 2 aromatic rings. The maximum Gasteiger partial charge on any atom is 0.263 e. The van der Waals surface area contributed by atoms with Gasteiger partial charge in [-0.05, 0) is 30.7 Å². The van der Waals surface area contributed by atoms with Gasteiger partial charge in [0.25, 0.3) is 5.91 Å². The van der Waals surface area contributed by atoms with E-state index in [0.717, 1.165) is 18.8 Å². The highest BCUT2D eigenvalue weighted by molar-refractivity contribution is 5.81. The number of anilines is 1. The molecule has 26 heavy (non-hydrogen) atoms. The average Bonchev–Trinajstić information content (AvgIpc) is 2.72. The van der Waals surface area contributed by atoms with E-state index >= 15 is 0 Å². The van der Waals surface area contributed by atoms with Crippen molar-refractivity contribution < 1.29 is 14.3 Å². The minimum Gasteiger partial charge on any atom is -0.497 e. The van der Waals surface area contributed by atoms with Crippen LogP contribution >= 0.6 is 0 Å². The van der Waals surface area contributed by atoms with Crippen molar-refractivity contribution in [3.8, 4) is 11.5 Å². The number of para-hydroxylation sites is 1.